The van der Waals surface area contributed by atoms with Gasteiger partial charge in [0.2, 0.25) is 5.91 Å². The number of amides is 1. The summed E-state index contributed by atoms with van der Waals surface area (Å²) in [6, 6.07) is 1.92. The third-order valence-corrected chi connectivity index (χ3v) is 5.86. The lowest BCUT2D eigenvalue weighted by atomic mass is 9.89. The highest BCUT2D eigenvalue weighted by atomic mass is 32.1. The predicted octanol–water partition coefficient (Wildman–Crippen LogP) is 3.56. The molecule has 3 heterocycles. The van der Waals surface area contributed by atoms with E-state index in [2.05, 4.69) is 26.9 Å². The van der Waals surface area contributed by atoms with Gasteiger partial charge in [0.1, 0.15) is 4.88 Å². The number of rotatable bonds is 3. The van der Waals surface area contributed by atoms with E-state index in [4.69, 9.17) is 4.52 Å². The summed E-state index contributed by atoms with van der Waals surface area (Å²) in [7, 11) is 0. The molecule has 1 aliphatic heterocycles. The van der Waals surface area contributed by atoms with Crippen molar-refractivity contribution in [3.63, 3.8) is 0 Å². The molecule has 0 spiro atoms. The molecule has 1 fully saturated rings. The second-order valence-corrected chi connectivity index (χ2v) is 7.68. The molecule has 2 aromatic heterocycles. The average Bonchev–Trinajstić information content (AvgIpc) is 3.30. The summed E-state index contributed by atoms with van der Waals surface area (Å²) in [4.78, 5) is 15.8. The first-order valence-corrected chi connectivity index (χ1v) is 9.69. The molecule has 0 unspecified atom stereocenters. The SMILES string of the molecule is Cc1cc(-c2snnc2[C@@H]2CCCN(C(=O)[C@H]3CC=CCC3)C2)on1. The van der Waals surface area contributed by atoms with Crippen LogP contribution in [0.4, 0.5) is 0 Å². The third kappa shape index (κ3) is 3.38. The second-order valence-electron chi connectivity index (χ2n) is 6.92. The number of hydrogen-bond donors (Lipinski definition) is 0. The van der Waals surface area contributed by atoms with Crippen molar-refractivity contribution in [3.05, 3.63) is 29.6 Å². The summed E-state index contributed by atoms with van der Waals surface area (Å²) in [5.41, 5.74) is 1.79. The fourth-order valence-corrected chi connectivity index (χ4v) is 4.48. The third-order valence-electron chi connectivity index (χ3n) is 5.10. The van der Waals surface area contributed by atoms with Crippen molar-refractivity contribution in [3.8, 4) is 10.6 Å². The van der Waals surface area contributed by atoms with Gasteiger partial charge in [-0.25, -0.2) is 0 Å². The number of hydrogen-bond acceptors (Lipinski definition) is 6. The zero-order valence-corrected chi connectivity index (χ0v) is 15.2. The smallest absolute Gasteiger partial charge is 0.226 e. The normalized spacial score (nSPS) is 23.8. The number of carbonyl (C=O) groups is 1. The first-order chi connectivity index (χ1) is 12.2. The molecule has 0 saturated carbocycles. The van der Waals surface area contributed by atoms with Gasteiger partial charge in [0.25, 0.3) is 0 Å². The topological polar surface area (TPSA) is 72.1 Å². The molecule has 4 rings (SSSR count). The van der Waals surface area contributed by atoms with Crippen LogP contribution in [0.5, 0.6) is 0 Å². The lowest BCUT2D eigenvalue weighted by molar-refractivity contribution is -0.137. The monoisotopic (exact) mass is 358 g/mol. The van der Waals surface area contributed by atoms with E-state index in [-0.39, 0.29) is 11.8 Å². The van der Waals surface area contributed by atoms with E-state index in [0.717, 1.165) is 67.2 Å². The van der Waals surface area contributed by atoms with E-state index in [1.807, 2.05) is 17.9 Å². The van der Waals surface area contributed by atoms with E-state index >= 15 is 0 Å². The molecule has 0 radical (unpaired) electrons. The summed E-state index contributed by atoms with van der Waals surface area (Å²) >= 11 is 1.34. The predicted molar refractivity (Wildman–Crippen MR) is 95.2 cm³/mol. The molecule has 132 valence electrons. The van der Waals surface area contributed by atoms with E-state index in [0.29, 0.717) is 5.91 Å². The molecule has 2 aromatic rings. The quantitative estimate of drug-likeness (QED) is 0.785. The maximum absolute atomic E-state index is 12.9. The number of allylic oxidation sites excluding steroid dienone is 2. The van der Waals surface area contributed by atoms with E-state index in [9.17, 15) is 4.79 Å². The second kappa shape index (κ2) is 7.07. The van der Waals surface area contributed by atoms with Gasteiger partial charge in [-0.05, 0) is 50.6 Å². The Labute approximate surface area is 151 Å². The molecule has 2 atom stereocenters. The minimum absolute atomic E-state index is 0.147. The van der Waals surface area contributed by atoms with Crippen LogP contribution in [0.2, 0.25) is 0 Å². The highest BCUT2D eigenvalue weighted by molar-refractivity contribution is 7.09. The van der Waals surface area contributed by atoms with Crippen molar-refractivity contribution in [2.45, 2.75) is 44.9 Å². The van der Waals surface area contributed by atoms with Crippen LogP contribution in [0, 0.1) is 12.8 Å². The van der Waals surface area contributed by atoms with Crippen molar-refractivity contribution in [2.24, 2.45) is 5.92 Å². The highest BCUT2D eigenvalue weighted by Gasteiger charge is 2.32. The first kappa shape index (κ1) is 16.4. The van der Waals surface area contributed by atoms with Crippen molar-refractivity contribution in [1.29, 1.82) is 0 Å². The van der Waals surface area contributed by atoms with Gasteiger partial charge in [0.05, 0.1) is 11.4 Å². The summed E-state index contributed by atoms with van der Waals surface area (Å²) in [5.74, 6) is 1.39. The Morgan fingerprint density at radius 2 is 2.28 bits per heavy atom. The average molecular weight is 358 g/mol. The molecule has 0 bridgehead atoms. The van der Waals surface area contributed by atoms with Gasteiger partial charge >= 0.3 is 0 Å². The van der Waals surface area contributed by atoms with Crippen LogP contribution >= 0.6 is 11.5 Å². The van der Waals surface area contributed by atoms with Gasteiger partial charge in [-0.15, -0.1) is 5.10 Å². The molecule has 2 aliphatic rings. The molecule has 1 amide bonds. The van der Waals surface area contributed by atoms with Gasteiger partial charge in [0.15, 0.2) is 5.76 Å². The van der Waals surface area contributed by atoms with Crippen LogP contribution in [0.15, 0.2) is 22.7 Å². The Morgan fingerprint density at radius 3 is 3.04 bits per heavy atom. The first-order valence-electron chi connectivity index (χ1n) is 8.92. The summed E-state index contributed by atoms with van der Waals surface area (Å²) in [6.07, 6.45) is 9.21. The Balaban J connectivity index is 1.51. The van der Waals surface area contributed by atoms with Gasteiger partial charge in [-0.2, -0.15) is 0 Å². The summed E-state index contributed by atoms with van der Waals surface area (Å²) in [6.45, 7) is 3.48. The molecule has 1 saturated heterocycles. The standard InChI is InChI=1S/C18H22N4O2S/c1-12-10-15(24-20-12)17-16(19-21-25-17)14-8-5-9-22(11-14)18(23)13-6-3-2-4-7-13/h2-3,10,13-14H,4-9,11H2,1H3/t13-,14+/m0/s1. The molecule has 0 aromatic carbocycles. The fourth-order valence-electron chi connectivity index (χ4n) is 3.78. The zero-order valence-electron chi connectivity index (χ0n) is 14.4. The number of aromatic nitrogens is 3. The summed E-state index contributed by atoms with van der Waals surface area (Å²) < 4.78 is 9.54. The van der Waals surface area contributed by atoms with Crippen molar-refractivity contribution in [1.82, 2.24) is 19.6 Å². The number of carbonyl (C=O) groups excluding carboxylic acids is 1. The van der Waals surface area contributed by atoms with Gasteiger partial charge in [-0.3, -0.25) is 4.79 Å². The van der Waals surface area contributed by atoms with Crippen LogP contribution in [0.25, 0.3) is 10.6 Å². The minimum Gasteiger partial charge on any atom is -0.355 e. The largest absolute Gasteiger partial charge is 0.355 e. The Hall–Kier alpha value is -2.02. The molecular formula is C18H22N4O2S. The molecule has 7 heteroatoms. The van der Waals surface area contributed by atoms with Crippen molar-refractivity contribution < 1.29 is 9.32 Å². The number of aryl methyl sites for hydroxylation is 1. The number of nitrogens with zero attached hydrogens (tertiary/aromatic N) is 4. The molecular weight excluding hydrogens is 336 g/mol. The van der Waals surface area contributed by atoms with Crippen LogP contribution in [-0.4, -0.2) is 38.6 Å². The van der Waals surface area contributed by atoms with Crippen LogP contribution in [-0.2, 0) is 4.79 Å². The summed E-state index contributed by atoms with van der Waals surface area (Å²) in [5, 5.41) is 8.33. The van der Waals surface area contributed by atoms with Gasteiger partial charge < -0.3 is 9.42 Å². The van der Waals surface area contributed by atoms with Crippen LogP contribution in [0.3, 0.4) is 0 Å². The van der Waals surface area contributed by atoms with E-state index in [1.165, 1.54) is 11.5 Å². The molecule has 6 nitrogen and oxygen atoms in total. The maximum atomic E-state index is 12.9. The molecule has 25 heavy (non-hydrogen) atoms. The van der Waals surface area contributed by atoms with Crippen molar-refractivity contribution >= 4 is 17.4 Å². The van der Waals surface area contributed by atoms with Crippen molar-refractivity contribution in [2.75, 3.05) is 13.1 Å². The Morgan fingerprint density at radius 1 is 1.36 bits per heavy atom. The Kier molecular flexibility index (Phi) is 4.65. The lowest BCUT2D eigenvalue weighted by Crippen LogP contribution is -2.42. The number of piperidine rings is 1. The zero-order chi connectivity index (χ0) is 17.2. The minimum atomic E-state index is 0.147. The van der Waals surface area contributed by atoms with E-state index < -0.39 is 0 Å². The lowest BCUT2D eigenvalue weighted by Gasteiger charge is -2.34. The van der Waals surface area contributed by atoms with Crippen LogP contribution in [0.1, 0.15) is 49.4 Å². The molecule has 1 aliphatic carbocycles. The van der Waals surface area contributed by atoms with Gasteiger partial charge in [-0.1, -0.05) is 21.8 Å². The van der Waals surface area contributed by atoms with E-state index in [1.54, 1.807) is 0 Å². The van der Waals surface area contributed by atoms with Crippen LogP contribution < -0.4 is 0 Å². The highest BCUT2D eigenvalue weighted by Crippen LogP contribution is 2.36. The fraction of sp³-hybridized carbons (Fsp3) is 0.556. The van der Waals surface area contributed by atoms with Gasteiger partial charge in [0, 0.05) is 31.0 Å². The Bertz CT molecular complexity index is 782. The molecule has 0 N–H and O–H groups in total. The number of likely N-dealkylation sites (tertiary alicyclic amines) is 1. The maximum Gasteiger partial charge on any atom is 0.226 e.